The fourth-order valence-electron chi connectivity index (χ4n) is 4.91. The summed E-state index contributed by atoms with van der Waals surface area (Å²) in [6, 6.07) is 6.13. The maximum absolute atomic E-state index is 13.1. The van der Waals surface area contributed by atoms with Crippen molar-refractivity contribution in [3.63, 3.8) is 0 Å². The Morgan fingerprint density at radius 1 is 1.18 bits per heavy atom. The SMILES string of the molecule is O=c1ccn([C@@H]2O[C@H](COP3(=O)OCc4cc(Cl)ccc4O3)[C@H]3OC4(CCCC4)O[C@H]32)c(=O)[nH]1. The molecule has 3 aliphatic heterocycles. The van der Waals surface area contributed by atoms with Gasteiger partial charge < -0.3 is 18.7 Å². The number of ether oxygens (including phenoxy) is 3. The number of benzene rings is 1. The summed E-state index contributed by atoms with van der Waals surface area (Å²) in [6.45, 7) is -0.168. The predicted octanol–water partition coefficient (Wildman–Crippen LogP) is 2.88. The molecule has 2 aromatic rings. The van der Waals surface area contributed by atoms with E-state index in [2.05, 4.69) is 4.98 Å². The highest BCUT2D eigenvalue weighted by Gasteiger charge is 2.60. The van der Waals surface area contributed by atoms with Gasteiger partial charge in [0.05, 0.1) is 13.2 Å². The van der Waals surface area contributed by atoms with E-state index in [0.29, 0.717) is 16.3 Å². The van der Waals surface area contributed by atoms with Crippen LogP contribution in [0.15, 0.2) is 40.1 Å². The second-order valence-corrected chi connectivity index (χ2v) is 10.8. The fraction of sp³-hybridized carbons (Fsp3) is 0.524. The smallest absolute Gasteiger partial charge is 0.404 e. The van der Waals surface area contributed by atoms with Crippen LogP contribution in [0.2, 0.25) is 5.02 Å². The Hall–Kier alpha value is -1.98. The lowest BCUT2D eigenvalue weighted by Gasteiger charge is -2.28. The first-order chi connectivity index (χ1) is 16.3. The molecule has 1 aromatic heterocycles. The standard InChI is InChI=1S/C21H22ClN2O9P/c22-13-3-4-14-12(9-13)10-28-34(27,33-14)29-11-15-17-18(32-21(31-17)6-1-2-7-21)19(30-15)24-8-5-16(25)23-20(24)26/h3-5,8-9,15,17-19H,1-2,6-7,10-11H2,(H,23,25,26)/t15-,17-,18-,19-,34?/m1/s1. The van der Waals surface area contributed by atoms with E-state index in [0.717, 1.165) is 25.7 Å². The molecule has 1 saturated carbocycles. The molecule has 1 N–H and O–H groups in total. The lowest BCUT2D eigenvalue weighted by atomic mass is 10.1. The molecule has 5 atom stereocenters. The van der Waals surface area contributed by atoms with Crippen LogP contribution in [0, 0.1) is 0 Å². The van der Waals surface area contributed by atoms with E-state index in [4.69, 9.17) is 39.4 Å². The zero-order valence-corrected chi connectivity index (χ0v) is 19.5. The van der Waals surface area contributed by atoms with Crippen LogP contribution >= 0.6 is 19.4 Å². The Bertz CT molecular complexity index is 1270. The third-order valence-electron chi connectivity index (χ3n) is 6.49. The van der Waals surface area contributed by atoms with Gasteiger partial charge >= 0.3 is 13.5 Å². The maximum atomic E-state index is 13.1. The molecule has 13 heteroatoms. The van der Waals surface area contributed by atoms with Crippen LogP contribution in [0.3, 0.4) is 0 Å². The average Bonchev–Trinajstić information content (AvgIpc) is 3.49. The van der Waals surface area contributed by atoms with E-state index in [9.17, 15) is 14.2 Å². The molecule has 11 nitrogen and oxygen atoms in total. The predicted molar refractivity (Wildman–Crippen MR) is 117 cm³/mol. The van der Waals surface area contributed by atoms with Gasteiger partial charge in [-0.1, -0.05) is 11.6 Å². The van der Waals surface area contributed by atoms with Gasteiger partial charge in [-0.2, -0.15) is 0 Å². The van der Waals surface area contributed by atoms with E-state index in [1.54, 1.807) is 18.2 Å². The minimum absolute atomic E-state index is 0.0167. The van der Waals surface area contributed by atoms with Gasteiger partial charge in [-0.15, -0.1) is 0 Å². The second-order valence-electron chi connectivity index (χ2n) is 8.72. The van der Waals surface area contributed by atoms with Crippen LogP contribution in [0.25, 0.3) is 0 Å². The summed E-state index contributed by atoms with van der Waals surface area (Å²) >= 11 is 5.98. The summed E-state index contributed by atoms with van der Waals surface area (Å²) in [5.74, 6) is -0.380. The maximum Gasteiger partial charge on any atom is 0.530 e. The topological polar surface area (TPSA) is 127 Å². The van der Waals surface area contributed by atoms with Gasteiger partial charge in [-0.25, -0.2) is 9.36 Å². The van der Waals surface area contributed by atoms with Crippen LogP contribution in [0.5, 0.6) is 5.75 Å². The van der Waals surface area contributed by atoms with Crippen molar-refractivity contribution < 1.29 is 32.3 Å². The number of hydrogen-bond donors (Lipinski definition) is 1. The van der Waals surface area contributed by atoms with E-state index >= 15 is 0 Å². The average molecular weight is 513 g/mol. The Morgan fingerprint density at radius 3 is 2.76 bits per heavy atom. The molecule has 1 aliphatic carbocycles. The Kier molecular flexibility index (Phi) is 5.49. The zero-order valence-electron chi connectivity index (χ0n) is 17.9. The van der Waals surface area contributed by atoms with Crippen LogP contribution in [0.1, 0.15) is 37.5 Å². The highest BCUT2D eigenvalue weighted by Crippen LogP contribution is 2.56. The number of fused-ring (bicyclic) bond motifs is 2. The van der Waals surface area contributed by atoms with Crippen molar-refractivity contribution in [2.75, 3.05) is 6.61 Å². The number of phosphoric acid groups is 1. The lowest BCUT2D eigenvalue weighted by molar-refractivity contribution is -0.215. The molecule has 6 rings (SSSR count). The van der Waals surface area contributed by atoms with E-state index in [1.165, 1.54) is 16.8 Å². The molecule has 182 valence electrons. The van der Waals surface area contributed by atoms with Crippen molar-refractivity contribution in [3.05, 3.63) is 61.9 Å². The molecule has 1 aromatic carbocycles. The number of rotatable bonds is 4. The summed E-state index contributed by atoms with van der Waals surface area (Å²) in [6.07, 6.45) is 1.95. The van der Waals surface area contributed by atoms with Gasteiger partial charge in [-0.05, 0) is 31.0 Å². The largest absolute Gasteiger partial charge is 0.530 e. The van der Waals surface area contributed by atoms with Crippen molar-refractivity contribution in [2.24, 2.45) is 0 Å². The van der Waals surface area contributed by atoms with Gasteiger partial charge in [0.15, 0.2) is 12.0 Å². The summed E-state index contributed by atoms with van der Waals surface area (Å²) in [4.78, 5) is 26.2. The third kappa shape index (κ3) is 3.95. The number of phosphoric ester groups is 1. The van der Waals surface area contributed by atoms with Crippen molar-refractivity contribution in [1.82, 2.24) is 9.55 Å². The first-order valence-electron chi connectivity index (χ1n) is 11.0. The number of nitrogens with one attached hydrogen (secondary N) is 1. The van der Waals surface area contributed by atoms with E-state index in [-0.39, 0.29) is 13.2 Å². The molecule has 4 aliphatic rings. The number of hydrogen-bond acceptors (Lipinski definition) is 9. The van der Waals surface area contributed by atoms with Gasteiger partial charge in [0, 0.05) is 35.7 Å². The van der Waals surface area contributed by atoms with Crippen molar-refractivity contribution in [1.29, 1.82) is 0 Å². The molecule has 0 bridgehead atoms. The first kappa shape index (κ1) is 22.5. The van der Waals surface area contributed by atoms with E-state index < -0.39 is 49.4 Å². The van der Waals surface area contributed by atoms with Gasteiger partial charge in [0.25, 0.3) is 5.56 Å². The summed E-state index contributed by atoms with van der Waals surface area (Å²) in [5.41, 5.74) is -0.485. The minimum Gasteiger partial charge on any atom is -0.404 e. The van der Waals surface area contributed by atoms with Crippen LogP contribution in [0.4, 0.5) is 0 Å². The van der Waals surface area contributed by atoms with Crippen molar-refractivity contribution >= 4 is 19.4 Å². The molecule has 4 heterocycles. The van der Waals surface area contributed by atoms with Gasteiger partial charge in [0.2, 0.25) is 0 Å². The van der Waals surface area contributed by atoms with Crippen LogP contribution < -0.4 is 15.8 Å². The zero-order chi connectivity index (χ0) is 23.5. The van der Waals surface area contributed by atoms with Crippen molar-refractivity contribution in [2.45, 2.75) is 62.6 Å². The van der Waals surface area contributed by atoms with E-state index in [1.807, 2.05) is 0 Å². The highest BCUT2D eigenvalue weighted by atomic mass is 35.5. The third-order valence-corrected chi connectivity index (χ3v) is 8.05. The molecule has 1 spiro atoms. The van der Waals surface area contributed by atoms with Gasteiger partial charge in [-0.3, -0.25) is 23.4 Å². The van der Waals surface area contributed by atoms with Crippen LogP contribution in [-0.2, 0) is 34.4 Å². The Labute approximate surface area is 198 Å². The fourth-order valence-corrected chi connectivity index (χ4v) is 6.33. The second kappa shape index (κ2) is 8.30. The Morgan fingerprint density at radius 2 is 1.97 bits per heavy atom. The monoisotopic (exact) mass is 512 g/mol. The molecule has 3 fully saturated rings. The van der Waals surface area contributed by atoms with Crippen LogP contribution in [-0.4, -0.2) is 40.3 Å². The molecule has 2 saturated heterocycles. The first-order valence-corrected chi connectivity index (χ1v) is 12.9. The summed E-state index contributed by atoms with van der Waals surface area (Å²) in [5, 5.41) is 0.511. The lowest BCUT2D eigenvalue weighted by Crippen LogP contribution is -2.37. The molecule has 1 unspecified atom stereocenters. The number of aromatic nitrogens is 2. The normalized spacial score (nSPS) is 33.6. The van der Waals surface area contributed by atoms with Gasteiger partial charge in [0.1, 0.15) is 24.1 Å². The molecule has 34 heavy (non-hydrogen) atoms. The number of halogens is 1. The quantitative estimate of drug-likeness (QED) is 0.615. The summed E-state index contributed by atoms with van der Waals surface area (Å²) < 4.78 is 49.5. The number of H-pyrrole nitrogens is 1. The highest BCUT2D eigenvalue weighted by molar-refractivity contribution is 7.49. The number of aromatic amines is 1. The summed E-state index contributed by atoms with van der Waals surface area (Å²) in [7, 11) is -3.93. The molecular formula is C21H22ClN2O9P. The Balaban J connectivity index is 1.23. The van der Waals surface area contributed by atoms with Crippen molar-refractivity contribution in [3.8, 4) is 5.75 Å². The minimum atomic E-state index is -3.93. The number of nitrogens with zero attached hydrogens (tertiary/aromatic N) is 1. The molecule has 0 radical (unpaired) electrons. The molecular weight excluding hydrogens is 491 g/mol. The molecule has 0 amide bonds.